The Kier molecular flexibility index (Phi) is 4.03. The summed E-state index contributed by atoms with van der Waals surface area (Å²) in [6, 6.07) is 2.45. The van der Waals surface area contributed by atoms with Gasteiger partial charge in [-0.2, -0.15) is 13.2 Å². The van der Waals surface area contributed by atoms with Gasteiger partial charge in [0.15, 0.2) is 0 Å². The predicted molar refractivity (Wildman–Crippen MR) is 59.4 cm³/mol. The average molecular weight is 277 g/mol. The number of carboxylic acids is 1. The van der Waals surface area contributed by atoms with Crippen molar-refractivity contribution < 1.29 is 32.6 Å². The second-order valence-electron chi connectivity index (χ2n) is 3.65. The lowest BCUT2D eigenvalue weighted by atomic mass is 10.1. The molecule has 19 heavy (non-hydrogen) atoms. The number of carbonyl (C=O) groups excluding carboxylic acids is 1. The molecule has 1 amide bonds. The molecular weight excluding hydrogens is 267 g/mol. The smallest absolute Gasteiger partial charge is 0.471 e. The third kappa shape index (κ3) is 3.36. The van der Waals surface area contributed by atoms with Crippen molar-refractivity contribution in [2.75, 3.05) is 12.4 Å². The molecule has 0 saturated carbocycles. The third-order valence-electron chi connectivity index (χ3n) is 2.19. The van der Waals surface area contributed by atoms with Crippen LogP contribution in [0.15, 0.2) is 12.1 Å². The van der Waals surface area contributed by atoms with Crippen LogP contribution in [0.5, 0.6) is 5.75 Å². The standard InChI is InChI=1S/C11H10F3NO4/c1-5-3-6(9(16)17)8(7(4-5)19-2)15-10(18)11(12,13)14/h3-4H,1-2H3,(H,15,18)(H,16,17). The van der Waals surface area contributed by atoms with Crippen molar-refractivity contribution in [2.24, 2.45) is 0 Å². The second kappa shape index (κ2) is 5.17. The highest BCUT2D eigenvalue weighted by atomic mass is 19.4. The van der Waals surface area contributed by atoms with E-state index in [1.807, 2.05) is 0 Å². The van der Waals surface area contributed by atoms with E-state index in [2.05, 4.69) is 0 Å². The Hall–Kier alpha value is -2.25. The van der Waals surface area contributed by atoms with E-state index in [-0.39, 0.29) is 5.75 Å². The molecule has 104 valence electrons. The predicted octanol–water partition coefficient (Wildman–Crippen LogP) is 2.20. The maximum atomic E-state index is 12.2. The number of anilines is 1. The van der Waals surface area contributed by atoms with Gasteiger partial charge in [0.25, 0.3) is 0 Å². The molecule has 0 heterocycles. The van der Waals surface area contributed by atoms with E-state index in [0.717, 1.165) is 13.2 Å². The van der Waals surface area contributed by atoms with E-state index < -0.39 is 29.3 Å². The van der Waals surface area contributed by atoms with Gasteiger partial charge in [0.1, 0.15) is 5.75 Å². The molecule has 0 aliphatic carbocycles. The van der Waals surface area contributed by atoms with Gasteiger partial charge >= 0.3 is 18.1 Å². The summed E-state index contributed by atoms with van der Waals surface area (Å²) < 4.78 is 41.3. The number of methoxy groups -OCH3 is 1. The number of rotatable bonds is 3. The van der Waals surface area contributed by atoms with Crippen molar-refractivity contribution in [3.05, 3.63) is 23.3 Å². The molecule has 0 unspecified atom stereocenters. The SMILES string of the molecule is COc1cc(C)cc(C(=O)O)c1NC(=O)C(F)(F)F. The molecule has 2 N–H and O–H groups in total. The molecule has 5 nitrogen and oxygen atoms in total. The van der Waals surface area contributed by atoms with E-state index in [1.54, 1.807) is 6.92 Å². The van der Waals surface area contributed by atoms with Crippen LogP contribution in [0.25, 0.3) is 0 Å². The van der Waals surface area contributed by atoms with Gasteiger partial charge in [-0.1, -0.05) is 0 Å². The number of aromatic carboxylic acids is 1. The highest BCUT2D eigenvalue weighted by molar-refractivity contribution is 6.04. The summed E-state index contributed by atoms with van der Waals surface area (Å²) >= 11 is 0. The summed E-state index contributed by atoms with van der Waals surface area (Å²) in [5, 5.41) is 10.4. The van der Waals surface area contributed by atoms with Gasteiger partial charge in [-0.15, -0.1) is 0 Å². The number of amides is 1. The largest absolute Gasteiger partial charge is 0.495 e. The molecule has 0 atom stereocenters. The molecule has 8 heteroatoms. The number of halogens is 3. The van der Waals surface area contributed by atoms with Gasteiger partial charge in [0.2, 0.25) is 0 Å². The van der Waals surface area contributed by atoms with Crippen molar-refractivity contribution in [3.63, 3.8) is 0 Å². The lowest BCUT2D eigenvalue weighted by Crippen LogP contribution is -2.30. The van der Waals surface area contributed by atoms with Crippen LogP contribution in [0.2, 0.25) is 0 Å². The fraction of sp³-hybridized carbons (Fsp3) is 0.273. The van der Waals surface area contributed by atoms with Crippen LogP contribution in [-0.2, 0) is 4.79 Å². The highest BCUT2D eigenvalue weighted by Crippen LogP contribution is 2.31. The lowest BCUT2D eigenvalue weighted by molar-refractivity contribution is -0.167. The zero-order chi connectivity index (χ0) is 14.8. The number of benzene rings is 1. The number of hydrogen-bond acceptors (Lipinski definition) is 3. The average Bonchev–Trinajstić information content (AvgIpc) is 2.28. The first kappa shape index (κ1) is 14.8. The minimum Gasteiger partial charge on any atom is -0.495 e. The van der Waals surface area contributed by atoms with E-state index >= 15 is 0 Å². The van der Waals surface area contributed by atoms with Gasteiger partial charge in [-0.3, -0.25) is 4.79 Å². The van der Waals surface area contributed by atoms with Gasteiger partial charge in [0, 0.05) is 0 Å². The number of carboxylic acid groups (broad SMARTS) is 1. The molecule has 0 radical (unpaired) electrons. The Balaban J connectivity index is 3.32. The minimum absolute atomic E-state index is 0.157. The quantitative estimate of drug-likeness (QED) is 0.888. The van der Waals surface area contributed by atoms with Crippen LogP contribution >= 0.6 is 0 Å². The molecule has 0 saturated heterocycles. The monoisotopic (exact) mass is 277 g/mol. The first-order chi connectivity index (χ1) is 8.66. The third-order valence-corrected chi connectivity index (χ3v) is 2.19. The van der Waals surface area contributed by atoms with E-state index in [0.29, 0.717) is 5.56 Å². The summed E-state index contributed by atoms with van der Waals surface area (Å²) in [5.41, 5.74) is -0.531. The number of hydrogen-bond donors (Lipinski definition) is 2. The number of aryl methyl sites for hydroxylation is 1. The molecule has 0 aliphatic rings. The van der Waals surface area contributed by atoms with Crippen molar-refractivity contribution in [1.82, 2.24) is 0 Å². The number of carbonyl (C=O) groups is 2. The Bertz CT molecular complexity index is 525. The molecule has 0 fully saturated rings. The Labute approximate surface area is 106 Å². The molecule has 1 aromatic rings. The van der Waals surface area contributed by atoms with E-state index in [4.69, 9.17) is 9.84 Å². The summed E-state index contributed by atoms with van der Waals surface area (Å²) in [6.45, 7) is 1.55. The van der Waals surface area contributed by atoms with Crippen LogP contribution in [0.4, 0.5) is 18.9 Å². The van der Waals surface area contributed by atoms with Gasteiger partial charge in [-0.05, 0) is 24.6 Å². The molecule has 1 rings (SSSR count). The van der Waals surface area contributed by atoms with Crippen LogP contribution < -0.4 is 10.1 Å². The summed E-state index contributed by atoms with van der Waals surface area (Å²) in [7, 11) is 1.16. The molecule has 1 aromatic carbocycles. The first-order valence-corrected chi connectivity index (χ1v) is 4.97. The fourth-order valence-corrected chi connectivity index (χ4v) is 1.40. The summed E-state index contributed by atoms with van der Waals surface area (Å²) in [6.07, 6.45) is -5.12. The zero-order valence-corrected chi connectivity index (χ0v) is 9.96. The van der Waals surface area contributed by atoms with Crippen LogP contribution in [-0.4, -0.2) is 30.3 Å². The van der Waals surface area contributed by atoms with Crippen molar-refractivity contribution in [3.8, 4) is 5.75 Å². The van der Waals surface area contributed by atoms with Crippen molar-refractivity contribution in [2.45, 2.75) is 13.1 Å². The minimum atomic E-state index is -5.12. The Morgan fingerprint density at radius 3 is 2.32 bits per heavy atom. The summed E-state index contributed by atoms with van der Waals surface area (Å²) in [4.78, 5) is 21.9. The van der Waals surface area contributed by atoms with Gasteiger partial charge in [-0.25, -0.2) is 4.79 Å². The highest BCUT2D eigenvalue weighted by Gasteiger charge is 2.39. The van der Waals surface area contributed by atoms with E-state index in [9.17, 15) is 22.8 Å². The summed E-state index contributed by atoms with van der Waals surface area (Å²) in [5.74, 6) is -3.90. The van der Waals surface area contributed by atoms with Crippen molar-refractivity contribution >= 4 is 17.6 Å². The van der Waals surface area contributed by atoms with Crippen molar-refractivity contribution in [1.29, 1.82) is 0 Å². The molecule has 0 aliphatic heterocycles. The molecule has 0 aromatic heterocycles. The van der Waals surface area contributed by atoms with Gasteiger partial charge < -0.3 is 15.2 Å². The van der Waals surface area contributed by atoms with Crippen LogP contribution in [0.3, 0.4) is 0 Å². The van der Waals surface area contributed by atoms with Crippen LogP contribution in [0.1, 0.15) is 15.9 Å². The topological polar surface area (TPSA) is 75.6 Å². The van der Waals surface area contributed by atoms with Crippen LogP contribution in [0, 0.1) is 6.92 Å². The van der Waals surface area contributed by atoms with Gasteiger partial charge in [0.05, 0.1) is 18.4 Å². The zero-order valence-electron chi connectivity index (χ0n) is 9.96. The maximum Gasteiger partial charge on any atom is 0.471 e. The molecule has 0 bridgehead atoms. The number of nitrogens with one attached hydrogen (secondary N) is 1. The normalized spacial score (nSPS) is 11.0. The molecule has 0 spiro atoms. The lowest BCUT2D eigenvalue weighted by Gasteiger charge is -2.15. The Morgan fingerprint density at radius 2 is 1.89 bits per heavy atom. The maximum absolute atomic E-state index is 12.2. The number of alkyl halides is 3. The second-order valence-corrected chi connectivity index (χ2v) is 3.65. The number of ether oxygens (including phenoxy) is 1. The Morgan fingerprint density at radius 1 is 1.32 bits per heavy atom. The fourth-order valence-electron chi connectivity index (χ4n) is 1.40. The first-order valence-electron chi connectivity index (χ1n) is 4.97. The van der Waals surface area contributed by atoms with E-state index in [1.165, 1.54) is 11.4 Å². The molecular formula is C11H10F3NO4.